The fraction of sp³-hybridized carbons (Fsp3) is 0.571. The minimum Gasteiger partial charge on any atom is -0.325 e. The minimum atomic E-state index is 0.162. The lowest BCUT2D eigenvalue weighted by Crippen LogP contribution is -2.21. The Hall–Kier alpha value is -0.820. The van der Waals surface area contributed by atoms with E-state index >= 15 is 0 Å². The second-order valence-corrected chi connectivity index (χ2v) is 5.33. The maximum Gasteiger partial charge on any atom is 0.0197 e. The van der Waals surface area contributed by atoms with Gasteiger partial charge in [-0.2, -0.15) is 0 Å². The summed E-state index contributed by atoms with van der Waals surface area (Å²) < 4.78 is 0. The molecule has 0 radical (unpaired) electrons. The zero-order valence-corrected chi connectivity index (χ0v) is 10.3. The van der Waals surface area contributed by atoms with Gasteiger partial charge in [-0.3, -0.25) is 0 Å². The zero-order valence-electron chi connectivity index (χ0n) is 10.3. The zero-order chi connectivity index (χ0) is 11.5. The van der Waals surface area contributed by atoms with Crippen molar-refractivity contribution in [3.8, 4) is 0 Å². The predicted octanol–water partition coefficient (Wildman–Crippen LogP) is 3.44. The maximum atomic E-state index is 5.76. The molecule has 0 bridgehead atoms. The van der Waals surface area contributed by atoms with Gasteiger partial charge in [0.1, 0.15) is 0 Å². The monoisotopic (exact) mass is 205 g/mol. The number of nitrogens with two attached hydrogens (primary N) is 1. The molecular formula is C14H23N. The molecule has 0 aromatic carbocycles. The number of allylic oxidation sites excluding steroid dienone is 5. The number of hydrogen-bond donors (Lipinski definition) is 1. The van der Waals surface area contributed by atoms with Crippen LogP contribution < -0.4 is 5.73 Å². The van der Waals surface area contributed by atoms with E-state index in [1.54, 1.807) is 0 Å². The minimum absolute atomic E-state index is 0.162. The highest BCUT2D eigenvalue weighted by molar-refractivity contribution is 5.21. The summed E-state index contributed by atoms with van der Waals surface area (Å²) in [7, 11) is 0. The molecule has 0 heterocycles. The molecule has 1 nitrogen and oxygen atoms in total. The van der Waals surface area contributed by atoms with Gasteiger partial charge in [0.05, 0.1) is 0 Å². The molecule has 0 spiro atoms. The Bertz CT molecular complexity index is 280. The Morgan fingerprint density at radius 1 is 1.40 bits per heavy atom. The first-order valence-corrected chi connectivity index (χ1v) is 5.70. The Labute approximate surface area is 93.7 Å². The second-order valence-electron chi connectivity index (χ2n) is 5.33. The van der Waals surface area contributed by atoms with Crippen LogP contribution in [0.25, 0.3) is 0 Å². The van der Waals surface area contributed by atoms with E-state index in [1.165, 1.54) is 5.57 Å². The van der Waals surface area contributed by atoms with Gasteiger partial charge in [-0.25, -0.2) is 0 Å². The SMILES string of the molecule is CC(=CC(C)N)CC(C)(C)C1C=CC=C1. The molecular weight excluding hydrogens is 182 g/mol. The molecule has 1 atom stereocenters. The van der Waals surface area contributed by atoms with Crippen LogP contribution >= 0.6 is 0 Å². The van der Waals surface area contributed by atoms with Gasteiger partial charge in [0.15, 0.2) is 0 Å². The molecule has 1 aliphatic carbocycles. The molecule has 84 valence electrons. The highest BCUT2D eigenvalue weighted by Crippen LogP contribution is 2.37. The van der Waals surface area contributed by atoms with Gasteiger partial charge in [0.25, 0.3) is 0 Å². The van der Waals surface area contributed by atoms with Crippen molar-refractivity contribution in [2.24, 2.45) is 17.1 Å². The van der Waals surface area contributed by atoms with Crippen LogP contribution in [0.4, 0.5) is 0 Å². The van der Waals surface area contributed by atoms with E-state index in [0.29, 0.717) is 11.3 Å². The van der Waals surface area contributed by atoms with Gasteiger partial charge in [0, 0.05) is 12.0 Å². The lowest BCUT2D eigenvalue weighted by Gasteiger charge is -2.30. The largest absolute Gasteiger partial charge is 0.325 e. The smallest absolute Gasteiger partial charge is 0.0197 e. The summed E-state index contributed by atoms with van der Waals surface area (Å²) in [6, 6.07) is 0.162. The van der Waals surface area contributed by atoms with E-state index in [2.05, 4.69) is 51.2 Å². The molecule has 1 aliphatic rings. The normalized spacial score (nSPS) is 19.9. The van der Waals surface area contributed by atoms with Crippen LogP contribution in [0.5, 0.6) is 0 Å². The summed E-state index contributed by atoms with van der Waals surface area (Å²) >= 11 is 0. The molecule has 0 fully saturated rings. The third kappa shape index (κ3) is 3.67. The summed E-state index contributed by atoms with van der Waals surface area (Å²) in [6.45, 7) is 8.83. The van der Waals surface area contributed by atoms with Crippen molar-refractivity contribution >= 4 is 0 Å². The first-order valence-electron chi connectivity index (χ1n) is 5.70. The second kappa shape index (κ2) is 4.80. The third-order valence-electron chi connectivity index (χ3n) is 2.93. The van der Waals surface area contributed by atoms with Gasteiger partial charge in [-0.1, -0.05) is 49.8 Å². The summed E-state index contributed by atoms with van der Waals surface area (Å²) in [6.07, 6.45) is 12.1. The lowest BCUT2D eigenvalue weighted by molar-refractivity contribution is 0.302. The average molecular weight is 205 g/mol. The van der Waals surface area contributed by atoms with Gasteiger partial charge in [-0.15, -0.1) is 0 Å². The van der Waals surface area contributed by atoms with Gasteiger partial charge >= 0.3 is 0 Å². The molecule has 1 unspecified atom stereocenters. The molecule has 1 heteroatoms. The highest BCUT2D eigenvalue weighted by atomic mass is 14.6. The highest BCUT2D eigenvalue weighted by Gasteiger charge is 2.26. The first kappa shape index (κ1) is 12.3. The molecule has 15 heavy (non-hydrogen) atoms. The summed E-state index contributed by atoms with van der Waals surface area (Å²) in [5.41, 5.74) is 7.44. The summed E-state index contributed by atoms with van der Waals surface area (Å²) in [5.74, 6) is 0.564. The van der Waals surface area contributed by atoms with E-state index in [0.717, 1.165) is 6.42 Å². The lowest BCUT2D eigenvalue weighted by atomic mass is 9.75. The molecule has 2 N–H and O–H groups in total. The number of rotatable bonds is 4. The van der Waals surface area contributed by atoms with Crippen LogP contribution in [-0.4, -0.2) is 6.04 Å². The van der Waals surface area contributed by atoms with Crippen molar-refractivity contribution in [2.45, 2.75) is 40.2 Å². The fourth-order valence-electron chi connectivity index (χ4n) is 2.30. The Morgan fingerprint density at radius 2 is 1.93 bits per heavy atom. The fourth-order valence-corrected chi connectivity index (χ4v) is 2.30. The molecule has 0 aliphatic heterocycles. The summed E-state index contributed by atoms with van der Waals surface area (Å²) in [4.78, 5) is 0. The van der Waals surface area contributed by atoms with E-state index in [1.807, 2.05) is 6.92 Å². The van der Waals surface area contributed by atoms with Crippen LogP contribution in [0.3, 0.4) is 0 Å². The van der Waals surface area contributed by atoms with E-state index < -0.39 is 0 Å². The first-order chi connectivity index (χ1) is 6.92. The summed E-state index contributed by atoms with van der Waals surface area (Å²) in [5, 5.41) is 0. The van der Waals surface area contributed by atoms with Crippen molar-refractivity contribution in [2.75, 3.05) is 0 Å². The quantitative estimate of drug-likeness (QED) is 0.699. The average Bonchev–Trinajstić information content (AvgIpc) is 2.51. The van der Waals surface area contributed by atoms with E-state index in [9.17, 15) is 0 Å². The van der Waals surface area contributed by atoms with Crippen molar-refractivity contribution in [1.29, 1.82) is 0 Å². The Kier molecular flexibility index (Phi) is 3.92. The maximum absolute atomic E-state index is 5.76. The molecule has 0 saturated carbocycles. The van der Waals surface area contributed by atoms with Crippen LogP contribution in [-0.2, 0) is 0 Å². The van der Waals surface area contributed by atoms with Crippen LogP contribution in [0, 0.1) is 11.3 Å². The Morgan fingerprint density at radius 3 is 2.40 bits per heavy atom. The van der Waals surface area contributed by atoms with Crippen molar-refractivity contribution in [1.82, 2.24) is 0 Å². The number of hydrogen-bond acceptors (Lipinski definition) is 1. The van der Waals surface area contributed by atoms with E-state index in [4.69, 9.17) is 5.73 Å². The Balaban J connectivity index is 2.63. The van der Waals surface area contributed by atoms with Crippen molar-refractivity contribution in [3.63, 3.8) is 0 Å². The molecule has 0 aromatic heterocycles. The molecule has 1 rings (SSSR count). The predicted molar refractivity (Wildman–Crippen MR) is 67.6 cm³/mol. The standard InChI is InChI=1S/C14H23N/c1-11(9-12(2)15)10-14(3,4)13-7-5-6-8-13/h5-9,12-13H,10,15H2,1-4H3. The molecule has 0 amide bonds. The topological polar surface area (TPSA) is 26.0 Å². The van der Waals surface area contributed by atoms with Crippen molar-refractivity contribution in [3.05, 3.63) is 36.0 Å². The van der Waals surface area contributed by atoms with Crippen LogP contribution in [0.15, 0.2) is 36.0 Å². The molecule has 0 aromatic rings. The van der Waals surface area contributed by atoms with Gasteiger partial charge in [0.2, 0.25) is 0 Å². The van der Waals surface area contributed by atoms with Crippen LogP contribution in [0.1, 0.15) is 34.1 Å². The third-order valence-corrected chi connectivity index (χ3v) is 2.93. The molecule has 0 saturated heterocycles. The van der Waals surface area contributed by atoms with Gasteiger partial charge in [-0.05, 0) is 25.7 Å². The van der Waals surface area contributed by atoms with Gasteiger partial charge < -0.3 is 5.73 Å². The van der Waals surface area contributed by atoms with E-state index in [-0.39, 0.29) is 6.04 Å². The van der Waals surface area contributed by atoms with Crippen LogP contribution in [0.2, 0.25) is 0 Å². The van der Waals surface area contributed by atoms with Crippen molar-refractivity contribution < 1.29 is 0 Å².